The molecule has 0 aliphatic heterocycles. The topological polar surface area (TPSA) is 92.8 Å². The van der Waals surface area contributed by atoms with Crippen molar-refractivity contribution in [3.63, 3.8) is 0 Å². The SMILES string of the molecule is CCC(C(=NO)c1ccc(N)cc1)S(C)(=O)=O. The van der Waals surface area contributed by atoms with Crippen molar-refractivity contribution in [2.75, 3.05) is 12.0 Å². The third-order valence-electron chi connectivity index (χ3n) is 2.51. The van der Waals surface area contributed by atoms with Crippen LogP contribution in [0.1, 0.15) is 18.9 Å². The van der Waals surface area contributed by atoms with Gasteiger partial charge in [-0.2, -0.15) is 0 Å². The quantitative estimate of drug-likeness (QED) is 0.367. The zero-order valence-corrected chi connectivity index (χ0v) is 10.6. The Balaban J connectivity index is 3.20. The number of oxime groups is 1. The average Bonchev–Trinajstić information content (AvgIpc) is 2.25. The lowest BCUT2D eigenvalue weighted by atomic mass is 10.1. The van der Waals surface area contributed by atoms with Crippen molar-refractivity contribution in [3.8, 4) is 0 Å². The van der Waals surface area contributed by atoms with Crippen molar-refractivity contribution in [3.05, 3.63) is 29.8 Å². The normalized spacial score (nSPS) is 14.6. The summed E-state index contributed by atoms with van der Waals surface area (Å²) in [7, 11) is -3.31. The van der Waals surface area contributed by atoms with Crippen molar-refractivity contribution < 1.29 is 13.6 Å². The highest BCUT2D eigenvalue weighted by Gasteiger charge is 2.26. The van der Waals surface area contributed by atoms with Crippen LogP contribution in [0.4, 0.5) is 5.69 Å². The molecule has 0 radical (unpaired) electrons. The van der Waals surface area contributed by atoms with Crippen LogP contribution < -0.4 is 5.73 Å². The third-order valence-corrected chi connectivity index (χ3v) is 4.10. The molecule has 0 aliphatic rings. The second-order valence-electron chi connectivity index (χ2n) is 3.83. The molecule has 1 atom stereocenters. The van der Waals surface area contributed by atoms with Gasteiger partial charge in [-0.1, -0.05) is 24.2 Å². The maximum absolute atomic E-state index is 11.6. The predicted molar refractivity (Wildman–Crippen MR) is 68.1 cm³/mol. The van der Waals surface area contributed by atoms with Crippen LogP contribution in [0.25, 0.3) is 0 Å². The Morgan fingerprint density at radius 3 is 2.29 bits per heavy atom. The fraction of sp³-hybridized carbons (Fsp3) is 0.364. The molecule has 1 unspecified atom stereocenters. The van der Waals surface area contributed by atoms with E-state index in [1.54, 1.807) is 31.2 Å². The van der Waals surface area contributed by atoms with Crippen LogP contribution in [-0.4, -0.2) is 30.8 Å². The first-order valence-corrected chi connectivity index (χ1v) is 7.12. The van der Waals surface area contributed by atoms with Gasteiger partial charge in [-0.3, -0.25) is 0 Å². The van der Waals surface area contributed by atoms with Crippen LogP contribution in [0.5, 0.6) is 0 Å². The van der Waals surface area contributed by atoms with E-state index in [4.69, 9.17) is 10.9 Å². The number of hydrogen-bond acceptors (Lipinski definition) is 5. The number of sulfone groups is 1. The van der Waals surface area contributed by atoms with Crippen molar-refractivity contribution in [2.24, 2.45) is 5.16 Å². The van der Waals surface area contributed by atoms with Crippen LogP contribution in [-0.2, 0) is 9.84 Å². The Morgan fingerprint density at radius 2 is 1.94 bits per heavy atom. The highest BCUT2D eigenvalue weighted by atomic mass is 32.2. The van der Waals surface area contributed by atoms with Gasteiger partial charge in [0.1, 0.15) is 11.0 Å². The van der Waals surface area contributed by atoms with E-state index in [1.165, 1.54) is 0 Å². The smallest absolute Gasteiger partial charge is 0.156 e. The first-order chi connectivity index (χ1) is 7.90. The Hall–Kier alpha value is -1.56. The van der Waals surface area contributed by atoms with Crippen LogP contribution in [0.2, 0.25) is 0 Å². The Labute approximate surface area is 101 Å². The van der Waals surface area contributed by atoms with E-state index < -0.39 is 15.1 Å². The lowest BCUT2D eigenvalue weighted by Crippen LogP contribution is -2.29. The number of nitrogens with two attached hydrogens (primary N) is 1. The van der Waals surface area contributed by atoms with E-state index in [0.717, 1.165) is 6.26 Å². The van der Waals surface area contributed by atoms with Gasteiger partial charge in [0.25, 0.3) is 0 Å². The van der Waals surface area contributed by atoms with E-state index in [2.05, 4.69) is 5.16 Å². The van der Waals surface area contributed by atoms with Gasteiger partial charge in [-0.05, 0) is 18.6 Å². The first-order valence-electron chi connectivity index (χ1n) is 5.16. The minimum Gasteiger partial charge on any atom is -0.411 e. The van der Waals surface area contributed by atoms with E-state index >= 15 is 0 Å². The molecule has 0 saturated carbocycles. The summed E-state index contributed by atoms with van der Waals surface area (Å²) in [5, 5.41) is 11.3. The number of benzene rings is 1. The van der Waals surface area contributed by atoms with Gasteiger partial charge in [-0.25, -0.2) is 8.42 Å². The number of hydrogen-bond donors (Lipinski definition) is 2. The van der Waals surface area contributed by atoms with E-state index in [1.807, 2.05) is 0 Å². The largest absolute Gasteiger partial charge is 0.411 e. The number of rotatable bonds is 4. The zero-order valence-electron chi connectivity index (χ0n) is 9.79. The summed E-state index contributed by atoms with van der Waals surface area (Å²) in [5.41, 5.74) is 6.81. The minimum atomic E-state index is -3.31. The molecule has 6 heteroatoms. The van der Waals surface area contributed by atoms with Crippen molar-refractivity contribution in [1.29, 1.82) is 0 Å². The number of nitrogen functional groups attached to an aromatic ring is 1. The Morgan fingerprint density at radius 1 is 1.41 bits per heavy atom. The van der Waals surface area contributed by atoms with Crippen LogP contribution >= 0.6 is 0 Å². The third kappa shape index (κ3) is 3.20. The molecule has 3 N–H and O–H groups in total. The van der Waals surface area contributed by atoms with E-state index in [0.29, 0.717) is 17.7 Å². The molecule has 0 heterocycles. The van der Waals surface area contributed by atoms with Gasteiger partial charge in [0.15, 0.2) is 9.84 Å². The highest BCUT2D eigenvalue weighted by molar-refractivity contribution is 7.92. The standard InChI is InChI=1S/C11H16N2O3S/c1-3-10(17(2,15)16)11(13-14)8-4-6-9(12)7-5-8/h4-7,10,14H,3,12H2,1-2H3. The monoisotopic (exact) mass is 256 g/mol. The lowest BCUT2D eigenvalue weighted by molar-refractivity contribution is 0.318. The van der Waals surface area contributed by atoms with Gasteiger partial charge in [0.2, 0.25) is 0 Å². The second-order valence-corrected chi connectivity index (χ2v) is 6.06. The minimum absolute atomic E-state index is 0.148. The van der Waals surface area contributed by atoms with Gasteiger partial charge in [0, 0.05) is 17.5 Å². The maximum atomic E-state index is 11.6. The molecule has 0 spiro atoms. The van der Waals surface area contributed by atoms with Crippen molar-refractivity contribution in [2.45, 2.75) is 18.6 Å². The molecule has 1 aromatic carbocycles. The fourth-order valence-corrected chi connectivity index (χ4v) is 2.86. The summed E-state index contributed by atoms with van der Waals surface area (Å²) < 4.78 is 23.2. The molecule has 1 rings (SSSR count). The molecule has 0 saturated heterocycles. The zero-order chi connectivity index (χ0) is 13.1. The Bertz CT molecular complexity index is 506. The molecular formula is C11H16N2O3S. The maximum Gasteiger partial charge on any atom is 0.156 e. The van der Waals surface area contributed by atoms with E-state index in [-0.39, 0.29) is 5.71 Å². The molecule has 5 nitrogen and oxygen atoms in total. The summed E-state index contributed by atoms with van der Waals surface area (Å²) in [6, 6.07) is 6.54. The van der Waals surface area contributed by atoms with Crippen LogP contribution in [0.3, 0.4) is 0 Å². The van der Waals surface area contributed by atoms with Gasteiger partial charge >= 0.3 is 0 Å². The first kappa shape index (κ1) is 13.5. The van der Waals surface area contributed by atoms with Gasteiger partial charge in [-0.15, -0.1) is 0 Å². The molecule has 0 fully saturated rings. The number of anilines is 1. The van der Waals surface area contributed by atoms with E-state index in [9.17, 15) is 8.42 Å². The molecule has 0 aromatic heterocycles. The number of nitrogens with zero attached hydrogens (tertiary/aromatic N) is 1. The van der Waals surface area contributed by atoms with Crippen molar-refractivity contribution in [1.82, 2.24) is 0 Å². The Kier molecular flexibility index (Phi) is 4.11. The molecule has 0 aliphatic carbocycles. The molecule has 17 heavy (non-hydrogen) atoms. The average molecular weight is 256 g/mol. The summed E-state index contributed by atoms with van der Waals surface area (Å²) in [6.45, 7) is 1.73. The molecule has 0 bridgehead atoms. The van der Waals surface area contributed by atoms with Crippen LogP contribution in [0, 0.1) is 0 Å². The summed E-state index contributed by atoms with van der Waals surface area (Å²) in [6.07, 6.45) is 1.48. The summed E-state index contributed by atoms with van der Waals surface area (Å²) in [4.78, 5) is 0. The lowest BCUT2D eigenvalue weighted by Gasteiger charge is -2.14. The summed E-state index contributed by atoms with van der Waals surface area (Å²) in [5.74, 6) is 0. The predicted octanol–water partition coefficient (Wildman–Crippen LogP) is 1.27. The van der Waals surface area contributed by atoms with Gasteiger partial charge < -0.3 is 10.9 Å². The van der Waals surface area contributed by atoms with Crippen molar-refractivity contribution >= 4 is 21.2 Å². The molecule has 0 amide bonds. The second kappa shape index (κ2) is 5.18. The van der Waals surface area contributed by atoms with Gasteiger partial charge in [0.05, 0.1) is 0 Å². The van der Waals surface area contributed by atoms with Crippen LogP contribution in [0.15, 0.2) is 29.4 Å². The fourth-order valence-electron chi connectivity index (χ4n) is 1.66. The summed E-state index contributed by atoms with van der Waals surface area (Å²) >= 11 is 0. The molecule has 94 valence electrons. The molecular weight excluding hydrogens is 240 g/mol. The highest BCUT2D eigenvalue weighted by Crippen LogP contribution is 2.15. The molecule has 1 aromatic rings.